The van der Waals surface area contributed by atoms with Crippen molar-refractivity contribution < 1.29 is 23.1 Å². The van der Waals surface area contributed by atoms with Crippen LogP contribution in [-0.4, -0.2) is 17.6 Å². The first-order chi connectivity index (χ1) is 9.41. The molecular weight excluding hydrogens is 273 g/mol. The molecule has 4 nitrogen and oxygen atoms in total. The fraction of sp³-hybridized carbons (Fsp3) is 0.462. The van der Waals surface area contributed by atoms with Crippen molar-refractivity contribution in [2.24, 2.45) is 16.8 Å². The molecule has 0 radical (unpaired) electrons. The normalized spacial score (nSPS) is 16.9. The number of hydrogen-bond acceptors (Lipinski definition) is 3. The van der Waals surface area contributed by atoms with Crippen LogP contribution in [0.4, 0.5) is 13.2 Å². The molecule has 0 unspecified atom stereocenters. The molecule has 3 N–H and O–H groups in total. The van der Waals surface area contributed by atoms with E-state index < -0.39 is 11.7 Å². The van der Waals surface area contributed by atoms with E-state index in [-0.39, 0.29) is 23.8 Å². The Morgan fingerprint density at radius 2 is 2.10 bits per heavy atom. The molecule has 0 saturated heterocycles. The van der Waals surface area contributed by atoms with Gasteiger partial charge in [-0.15, -0.1) is 0 Å². The van der Waals surface area contributed by atoms with E-state index in [1.165, 1.54) is 12.1 Å². The molecule has 1 fully saturated rings. The molecule has 0 aliphatic heterocycles. The van der Waals surface area contributed by atoms with Crippen LogP contribution in [0.3, 0.4) is 0 Å². The number of oxime groups is 1. The van der Waals surface area contributed by atoms with Gasteiger partial charge < -0.3 is 15.7 Å². The van der Waals surface area contributed by atoms with Gasteiger partial charge in [-0.1, -0.05) is 11.6 Å². The van der Waals surface area contributed by atoms with E-state index in [0.29, 0.717) is 5.92 Å². The van der Waals surface area contributed by atoms with Crippen LogP contribution in [0.25, 0.3) is 0 Å². The fourth-order valence-electron chi connectivity index (χ4n) is 1.96. The van der Waals surface area contributed by atoms with E-state index in [4.69, 9.17) is 15.7 Å². The zero-order valence-corrected chi connectivity index (χ0v) is 10.7. The van der Waals surface area contributed by atoms with Crippen LogP contribution in [-0.2, 0) is 6.18 Å². The van der Waals surface area contributed by atoms with Gasteiger partial charge in [0.2, 0.25) is 0 Å². The van der Waals surface area contributed by atoms with E-state index in [2.05, 4.69) is 5.16 Å². The summed E-state index contributed by atoms with van der Waals surface area (Å²) in [7, 11) is 0. The molecule has 0 heterocycles. The number of hydrogen-bond donors (Lipinski definition) is 2. The molecule has 1 aliphatic rings. The maximum atomic E-state index is 13.0. The van der Waals surface area contributed by atoms with Gasteiger partial charge in [-0.05, 0) is 37.0 Å². The van der Waals surface area contributed by atoms with Crippen LogP contribution < -0.4 is 10.5 Å². The number of alkyl halides is 3. The second-order valence-electron chi connectivity index (χ2n) is 4.80. The van der Waals surface area contributed by atoms with Crippen molar-refractivity contribution in [1.29, 1.82) is 0 Å². The molecule has 110 valence electrons. The van der Waals surface area contributed by atoms with E-state index in [1.54, 1.807) is 0 Å². The van der Waals surface area contributed by atoms with Crippen LogP contribution in [0.5, 0.6) is 5.75 Å². The maximum Gasteiger partial charge on any atom is 0.419 e. The number of nitrogens with two attached hydrogens (primary N) is 1. The highest BCUT2D eigenvalue weighted by molar-refractivity contribution is 5.97. The highest BCUT2D eigenvalue weighted by Crippen LogP contribution is 2.37. The second kappa shape index (κ2) is 5.60. The lowest BCUT2D eigenvalue weighted by atomic mass is 9.86. The molecule has 0 bridgehead atoms. The molecule has 0 aromatic heterocycles. The summed E-state index contributed by atoms with van der Waals surface area (Å²) in [5, 5.41) is 11.2. The van der Waals surface area contributed by atoms with Crippen molar-refractivity contribution in [3.8, 4) is 5.75 Å². The van der Waals surface area contributed by atoms with Gasteiger partial charge in [0.05, 0.1) is 12.2 Å². The number of ether oxygens (including phenoxy) is 1. The number of nitrogens with zero attached hydrogens (tertiary/aromatic N) is 1. The molecule has 2 rings (SSSR count). The highest BCUT2D eigenvalue weighted by Gasteiger charge is 2.35. The summed E-state index contributed by atoms with van der Waals surface area (Å²) in [6, 6.07) is 3.36. The average Bonchev–Trinajstić information content (AvgIpc) is 2.35. The molecule has 1 saturated carbocycles. The Kier molecular flexibility index (Phi) is 4.06. The second-order valence-corrected chi connectivity index (χ2v) is 4.80. The van der Waals surface area contributed by atoms with Crippen molar-refractivity contribution in [2.75, 3.05) is 6.61 Å². The van der Waals surface area contributed by atoms with E-state index in [0.717, 1.165) is 25.3 Å². The number of benzene rings is 1. The van der Waals surface area contributed by atoms with E-state index in [9.17, 15) is 13.2 Å². The third-order valence-corrected chi connectivity index (χ3v) is 3.39. The van der Waals surface area contributed by atoms with Gasteiger partial charge in [0, 0.05) is 5.56 Å². The molecule has 0 atom stereocenters. The number of halogens is 3. The molecule has 1 aliphatic carbocycles. The molecule has 7 heteroatoms. The van der Waals surface area contributed by atoms with Crippen molar-refractivity contribution in [3.63, 3.8) is 0 Å². The molecule has 20 heavy (non-hydrogen) atoms. The van der Waals surface area contributed by atoms with Crippen molar-refractivity contribution in [3.05, 3.63) is 29.3 Å². The maximum absolute atomic E-state index is 13.0. The fourth-order valence-corrected chi connectivity index (χ4v) is 1.96. The van der Waals surface area contributed by atoms with Crippen LogP contribution in [0.2, 0.25) is 0 Å². The molecular formula is C13H15F3N2O2. The van der Waals surface area contributed by atoms with E-state index >= 15 is 0 Å². The Bertz CT molecular complexity index is 511. The van der Waals surface area contributed by atoms with Crippen LogP contribution >= 0.6 is 0 Å². The molecule has 1 aromatic carbocycles. The summed E-state index contributed by atoms with van der Waals surface area (Å²) in [5.41, 5.74) is 4.38. The minimum atomic E-state index is -4.55. The topological polar surface area (TPSA) is 67.8 Å². The Labute approximate surface area is 114 Å². The summed E-state index contributed by atoms with van der Waals surface area (Å²) in [5.74, 6) is -0.264. The molecule has 1 aromatic rings. The first kappa shape index (κ1) is 14.5. The van der Waals surface area contributed by atoms with Gasteiger partial charge in [-0.2, -0.15) is 13.2 Å². The summed E-state index contributed by atoms with van der Waals surface area (Å²) in [4.78, 5) is 0. The zero-order valence-electron chi connectivity index (χ0n) is 10.7. The largest absolute Gasteiger partial charge is 0.493 e. The number of rotatable bonds is 4. The predicted molar refractivity (Wildman–Crippen MR) is 66.8 cm³/mol. The minimum Gasteiger partial charge on any atom is -0.493 e. The van der Waals surface area contributed by atoms with Crippen LogP contribution in [0.15, 0.2) is 23.4 Å². The third kappa shape index (κ3) is 3.15. The Morgan fingerprint density at radius 1 is 1.40 bits per heavy atom. The Balaban J connectivity index is 2.25. The number of amidine groups is 1. The van der Waals surface area contributed by atoms with E-state index in [1.807, 2.05) is 0 Å². The van der Waals surface area contributed by atoms with Crippen molar-refractivity contribution in [1.82, 2.24) is 0 Å². The van der Waals surface area contributed by atoms with Gasteiger partial charge in [0.15, 0.2) is 5.84 Å². The van der Waals surface area contributed by atoms with Gasteiger partial charge in [-0.25, -0.2) is 0 Å². The van der Waals surface area contributed by atoms with Crippen molar-refractivity contribution >= 4 is 5.84 Å². The highest BCUT2D eigenvalue weighted by atomic mass is 19.4. The van der Waals surface area contributed by atoms with Gasteiger partial charge >= 0.3 is 6.18 Å². The molecule has 0 spiro atoms. The summed E-state index contributed by atoms with van der Waals surface area (Å²) in [6.07, 6.45) is -1.48. The first-order valence-corrected chi connectivity index (χ1v) is 6.23. The monoisotopic (exact) mass is 288 g/mol. The van der Waals surface area contributed by atoms with Gasteiger partial charge in [0.1, 0.15) is 5.75 Å². The lowest BCUT2D eigenvalue weighted by molar-refractivity contribution is -0.139. The summed E-state index contributed by atoms with van der Waals surface area (Å²) in [6.45, 7) is 0.284. The summed E-state index contributed by atoms with van der Waals surface area (Å²) >= 11 is 0. The minimum absolute atomic E-state index is 0.00387. The third-order valence-electron chi connectivity index (χ3n) is 3.39. The first-order valence-electron chi connectivity index (χ1n) is 6.23. The van der Waals surface area contributed by atoms with Crippen LogP contribution in [0, 0.1) is 5.92 Å². The lowest BCUT2D eigenvalue weighted by Crippen LogP contribution is -2.21. The predicted octanol–water partition coefficient (Wildman–Crippen LogP) is 2.98. The van der Waals surface area contributed by atoms with Crippen LogP contribution in [0.1, 0.15) is 30.4 Å². The smallest absolute Gasteiger partial charge is 0.419 e. The molecule has 0 amide bonds. The zero-order chi connectivity index (χ0) is 14.8. The average molecular weight is 288 g/mol. The summed E-state index contributed by atoms with van der Waals surface area (Å²) < 4.78 is 44.3. The standard InChI is InChI=1S/C13H15F3N2O2/c14-13(15,16)10-6-9(12(17)18-19)4-5-11(10)20-7-8-2-1-3-8/h4-6,8,19H,1-3,7H2,(H2,17,18). The van der Waals surface area contributed by atoms with Gasteiger partial charge in [-0.3, -0.25) is 0 Å². The SMILES string of the molecule is N/C(=N/O)c1ccc(OCC2CCC2)c(C(F)(F)F)c1. The Morgan fingerprint density at radius 3 is 2.60 bits per heavy atom. The lowest BCUT2D eigenvalue weighted by Gasteiger charge is -2.26. The Hall–Kier alpha value is -1.92. The van der Waals surface area contributed by atoms with Crippen molar-refractivity contribution in [2.45, 2.75) is 25.4 Å². The van der Waals surface area contributed by atoms with Gasteiger partial charge in [0.25, 0.3) is 0 Å². The quantitative estimate of drug-likeness (QED) is 0.387.